The van der Waals surface area contributed by atoms with Gasteiger partial charge in [-0.1, -0.05) is 19.1 Å². The van der Waals surface area contributed by atoms with Crippen LogP contribution in [0, 0.1) is 5.92 Å². The molecule has 1 aromatic rings. The van der Waals surface area contributed by atoms with Crippen LogP contribution in [0.3, 0.4) is 0 Å². The van der Waals surface area contributed by atoms with Gasteiger partial charge >= 0.3 is 6.36 Å². The molecule has 0 amide bonds. The maximum absolute atomic E-state index is 12.0. The average molecular weight is 260 g/mol. The number of alkyl halides is 3. The minimum atomic E-state index is -4.66. The van der Waals surface area contributed by atoms with Gasteiger partial charge in [0.1, 0.15) is 5.75 Å². The summed E-state index contributed by atoms with van der Waals surface area (Å²) >= 11 is 0. The Morgan fingerprint density at radius 2 is 1.83 bits per heavy atom. The SMILES string of the molecule is CC1CC(O)(Cc2ccc(OC(F)(F)F)cc2)C1. The predicted molar refractivity (Wildman–Crippen MR) is 60.2 cm³/mol. The lowest BCUT2D eigenvalue weighted by Crippen LogP contribution is -2.44. The molecule has 1 aromatic carbocycles. The zero-order chi connectivity index (χ0) is 13.4. The normalized spacial score (nSPS) is 27.7. The molecule has 0 unspecified atom stereocenters. The molecule has 5 heteroatoms. The summed E-state index contributed by atoms with van der Waals surface area (Å²) < 4.78 is 39.7. The smallest absolute Gasteiger partial charge is 0.406 e. The first-order valence-electron chi connectivity index (χ1n) is 5.83. The van der Waals surface area contributed by atoms with Gasteiger partial charge in [0.2, 0.25) is 0 Å². The Bertz CT molecular complexity index is 405. The molecule has 2 nitrogen and oxygen atoms in total. The van der Waals surface area contributed by atoms with Crippen LogP contribution in [0.4, 0.5) is 13.2 Å². The predicted octanol–water partition coefficient (Wildman–Crippen LogP) is 3.29. The Hall–Kier alpha value is -1.23. The Morgan fingerprint density at radius 3 is 2.28 bits per heavy atom. The largest absolute Gasteiger partial charge is 0.573 e. The standard InChI is InChI=1S/C13H15F3O2/c1-9-6-12(17,7-9)8-10-2-4-11(5-3-10)18-13(14,15)16/h2-5,9,17H,6-8H2,1H3. The van der Waals surface area contributed by atoms with Crippen LogP contribution in [0.1, 0.15) is 25.3 Å². The van der Waals surface area contributed by atoms with Crippen LogP contribution in [0.15, 0.2) is 24.3 Å². The first kappa shape index (κ1) is 13.2. The minimum absolute atomic E-state index is 0.236. The third kappa shape index (κ3) is 3.38. The van der Waals surface area contributed by atoms with E-state index in [1.165, 1.54) is 12.1 Å². The summed E-state index contributed by atoms with van der Waals surface area (Å²) in [4.78, 5) is 0. The summed E-state index contributed by atoms with van der Waals surface area (Å²) in [6, 6.07) is 5.66. The van der Waals surface area contributed by atoms with E-state index in [0.717, 1.165) is 18.4 Å². The number of halogens is 3. The van der Waals surface area contributed by atoms with Crippen molar-refractivity contribution in [1.29, 1.82) is 0 Å². The van der Waals surface area contributed by atoms with Crippen LogP contribution in [-0.4, -0.2) is 17.1 Å². The number of ether oxygens (including phenoxy) is 1. The number of benzene rings is 1. The monoisotopic (exact) mass is 260 g/mol. The van der Waals surface area contributed by atoms with Crippen molar-refractivity contribution in [2.75, 3.05) is 0 Å². The molecule has 0 saturated heterocycles. The molecule has 1 aliphatic carbocycles. The molecule has 100 valence electrons. The highest BCUT2D eigenvalue weighted by Gasteiger charge is 2.39. The lowest BCUT2D eigenvalue weighted by atomic mass is 9.69. The van der Waals surface area contributed by atoms with Crippen LogP contribution in [0.2, 0.25) is 0 Å². The van der Waals surface area contributed by atoms with E-state index >= 15 is 0 Å². The van der Waals surface area contributed by atoms with Crippen molar-refractivity contribution < 1.29 is 23.0 Å². The Balaban J connectivity index is 1.96. The van der Waals surface area contributed by atoms with Gasteiger partial charge in [-0.2, -0.15) is 0 Å². The number of rotatable bonds is 3. The lowest BCUT2D eigenvalue weighted by Gasteiger charge is -2.42. The van der Waals surface area contributed by atoms with E-state index in [1.54, 1.807) is 12.1 Å². The molecule has 1 fully saturated rings. The fourth-order valence-electron chi connectivity index (χ4n) is 2.57. The third-order valence-corrected chi connectivity index (χ3v) is 3.15. The minimum Gasteiger partial charge on any atom is -0.406 e. The average Bonchev–Trinajstić information content (AvgIpc) is 2.16. The summed E-state index contributed by atoms with van der Waals surface area (Å²) in [5, 5.41) is 10.1. The molecule has 0 bridgehead atoms. The second-order valence-corrected chi connectivity index (χ2v) is 5.11. The molecule has 18 heavy (non-hydrogen) atoms. The molecule has 0 spiro atoms. The summed E-state index contributed by atoms with van der Waals surface area (Å²) in [5.74, 6) is 0.281. The molecule has 1 N–H and O–H groups in total. The van der Waals surface area contributed by atoms with Gasteiger partial charge in [-0.3, -0.25) is 0 Å². The number of hydrogen-bond donors (Lipinski definition) is 1. The second-order valence-electron chi connectivity index (χ2n) is 5.11. The second kappa shape index (κ2) is 4.46. The fourth-order valence-corrected chi connectivity index (χ4v) is 2.57. The molecule has 1 saturated carbocycles. The highest BCUT2D eigenvalue weighted by atomic mass is 19.4. The highest BCUT2D eigenvalue weighted by molar-refractivity contribution is 5.28. The zero-order valence-electron chi connectivity index (χ0n) is 10.00. The maximum Gasteiger partial charge on any atom is 0.573 e. The van der Waals surface area contributed by atoms with Crippen molar-refractivity contribution in [3.05, 3.63) is 29.8 Å². The van der Waals surface area contributed by atoms with Gasteiger partial charge in [0.05, 0.1) is 5.60 Å². The van der Waals surface area contributed by atoms with Crippen molar-refractivity contribution in [3.8, 4) is 5.75 Å². The van der Waals surface area contributed by atoms with E-state index in [4.69, 9.17) is 0 Å². The van der Waals surface area contributed by atoms with Crippen molar-refractivity contribution in [2.24, 2.45) is 5.92 Å². The van der Waals surface area contributed by atoms with Crippen LogP contribution in [0.5, 0.6) is 5.75 Å². The first-order chi connectivity index (χ1) is 8.26. The van der Waals surface area contributed by atoms with Gasteiger partial charge in [-0.25, -0.2) is 0 Å². The van der Waals surface area contributed by atoms with Gasteiger partial charge in [0.15, 0.2) is 0 Å². The van der Waals surface area contributed by atoms with E-state index in [-0.39, 0.29) is 5.75 Å². The van der Waals surface area contributed by atoms with Crippen molar-refractivity contribution >= 4 is 0 Å². The maximum atomic E-state index is 12.0. The summed E-state index contributed by atoms with van der Waals surface area (Å²) in [6.07, 6.45) is -2.70. The first-order valence-corrected chi connectivity index (χ1v) is 5.83. The van der Waals surface area contributed by atoms with Crippen LogP contribution < -0.4 is 4.74 Å². The van der Waals surface area contributed by atoms with E-state index < -0.39 is 12.0 Å². The van der Waals surface area contributed by atoms with Crippen molar-refractivity contribution in [2.45, 2.75) is 38.1 Å². The number of aliphatic hydroxyl groups is 1. The fraction of sp³-hybridized carbons (Fsp3) is 0.538. The highest BCUT2D eigenvalue weighted by Crippen LogP contribution is 2.39. The summed E-state index contributed by atoms with van der Waals surface area (Å²) in [7, 11) is 0. The van der Waals surface area contributed by atoms with Crippen LogP contribution in [0.25, 0.3) is 0 Å². The van der Waals surface area contributed by atoms with Gasteiger partial charge in [-0.15, -0.1) is 13.2 Å². The van der Waals surface area contributed by atoms with Gasteiger partial charge in [0.25, 0.3) is 0 Å². The van der Waals surface area contributed by atoms with Gasteiger partial charge in [-0.05, 0) is 36.5 Å². The van der Waals surface area contributed by atoms with Crippen molar-refractivity contribution in [3.63, 3.8) is 0 Å². The molecule has 0 radical (unpaired) electrons. The Labute approximate surface area is 103 Å². The molecule has 0 heterocycles. The van der Waals surface area contributed by atoms with E-state index in [2.05, 4.69) is 11.7 Å². The van der Waals surface area contributed by atoms with Crippen LogP contribution >= 0.6 is 0 Å². The van der Waals surface area contributed by atoms with E-state index in [0.29, 0.717) is 12.3 Å². The van der Waals surface area contributed by atoms with Crippen molar-refractivity contribution in [1.82, 2.24) is 0 Å². The molecule has 0 aromatic heterocycles. The molecule has 0 aliphatic heterocycles. The molecular weight excluding hydrogens is 245 g/mol. The molecule has 0 atom stereocenters. The third-order valence-electron chi connectivity index (χ3n) is 3.15. The topological polar surface area (TPSA) is 29.5 Å². The Kier molecular flexibility index (Phi) is 3.27. The van der Waals surface area contributed by atoms with Crippen LogP contribution in [-0.2, 0) is 6.42 Å². The molecular formula is C13H15F3O2. The summed E-state index contributed by atoms with van der Waals surface area (Å²) in [5.41, 5.74) is 0.130. The zero-order valence-corrected chi connectivity index (χ0v) is 10.00. The Morgan fingerprint density at radius 1 is 1.28 bits per heavy atom. The van der Waals surface area contributed by atoms with Gasteiger partial charge < -0.3 is 9.84 Å². The number of hydrogen-bond acceptors (Lipinski definition) is 2. The van der Waals surface area contributed by atoms with E-state index in [1.807, 2.05) is 0 Å². The quantitative estimate of drug-likeness (QED) is 0.903. The lowest BCUT2D eigenvalue weighted by molar-refractivity contribution is -0.274. The molecule has 2 rings (SSSR count). The summed E-state index contributed by atoms with van der Waals surface area (Å²) in [6.45, 7) is 2.06. The van der Waals surface area contributed by atoms with E-state index in [9.17, 15) is 18.3 Å². The van der Waals surface area contributed by atoms with Gasteiger partial charge in [0, 0.05) is 6.42 Å². The molecule has 1 aliphatic rings.